The Balaban J connectivity index is 0.976. The minimum Gasteiger partial charge on any atom is -0.490 e. The van der Waals surface area contributed by atoms with E-state index in [9.17, 15) is 23.5 Å². The number of nitrogens with zero attached hydrogens (tertiary/aromatic N) is 4. The monoisotopic (exact) mass is 739 g/mol. The number of hydrogen-bond donors (Lipinski definition) is 2. The first kappa shape index (κ1) is 35.2. The first-order chi connectivity index (χ1) is 25.2. The molecule has 6 saturated carbocycles. The van der Waals surface area contributed by atoms with Gasteiger partial charge in [-0.05, 0) is 118 Å². The number of rotatable bonds is 8. The van der Waals surface area contributed by atoms with Crippen LogP contribution in [0.2, 0.25) is 0 Å². The average molecular weight is 740 g/mol. The van der Waals surface area contributed by atoms with Crippen LogP contribution in [-0.4, -0.2) is 75.1 Å². The quantitative estimate of drug-likeness (QED) is 0.267. The summed E-state index contributed by atoms with van der Waals surface area (Å²) in [4.78, 5) is 39.6. The molecule has 2 aromatic rings. The van der Waals surface area contributed by atoms with Gasteiger partial charge in [0.05, 0.1) is 24.8 Å². The number of amides is 1. The number of carbonyl (C=O) groups is 2. The lowest BCUT2D eigenvalue weighted by atomic mass is 9.48. The van der Waals surface area contributed by atoms with Gasteiger partial charge in [0, 0.05) is 36.8 Å². The molecule has 2 aliphatic heterocycles. The molecule has 1 amide bonds. The predicted molar refractivity (Wildman–Crippen MR) is 188 cm³/mol. The third kappa shape index (κ3) is 5.98. The largest absolute Gasteiger partial charge is 0.490 e. The average Bonchev–Trinajstić information content (AvgIpc) is 3.40. The SMILES string of the molecule is CC(F)(F)c1nc(N2CC3(CCCCC3)c3cc(OC4CCC(N5CC(F)(F)C5)CC4)ccc32)ncc1C(=O)NC1(C(=O)O)C2CC3CC(C2)CC1C3. The number of hydrogen-bond acceptors (Lipinski definition) is 7. The maximum Gasteiger partial charge on any atom is 0.330 e. The van der Waals surface area contributed by atoms with Crippen LogP contribution in [0.25, 0.3) is 0 Å². The number of likely N-dealkylation sites (tertiary alicyclic amines) is 1. The van der Waals surface area contributed by atoms with E-state index in [1.165, 1.54) is 0 Å². The highest BCUT2D eigenvalue weighted by molar-refractivity contribution is 5.99. The molecular formula is C40H49F4N5O4. The van der Waals surface area contributed by atoms with Gasteiger partial charge in [0.2, 0.25) is 5.95 Å². The molecule has 8 aliphatic rings. The zero-order chi connectivity index (χ0) is 36.9. The molecule has 1 aromatic carbocycles. The van der Waals surface area contributed by atoms with E-state index in [0.29, 0.717) is 25.3 Å². The molecule has 2 N–H and O–H groups in total. The zero-order valence-electron chi connectivity index (χ0n) is 30.3. The molecule has 6 aliphatic carbocycles. The van der Waals surface area contributed by atoms with Crippen LogP contribution in [-0.2, 0) is 16.1 Å². The Hall–Kier alpha value is -3.48. The van der Waals surface area contributed by atoms with E-state index in [2.05, 4.69) is 21.4 Å². The van der Waals surface area contributed by atoms with E-state index in [0.717, 1.165) is 113 Å². The number of fused-ring (bicyclic) bond motifs is 2. The van der Waals surface area contributed by atoms with Gasteiger partial charge in [-0.1, -0.05) is 19.3 Å². The van der Waals surface area contributed by atoms with Crippen LogP contribution in [0, 0.1) is 23.7 Å². The van der Waals surface area contributed by atoms with Crippen LogP contribution in [0.15, 0.2) is 24.4 Å². The van der Waals surface area contributed by atoms with Gasteiger partial charge in [-0.15, -0.1) is 0 Å². The van der Waals surface area contributed by atoms with Gasteiger partial charge in [0.1, 0.15) is 17.0 Å². The Morgan fingerprint density at radius 3 is 2.21 bits per heavy atom. The van der Waals surface area contributed by atoms with E-state index in [1.807, 2.05) is 21.9 Å². The van der Waals surface area contributed by atoms with Crippen molar-refractivity contribution in [2.45, 2.75) is 132 Å². The van der Waals surface area contributed by atoms with Crippen molar-refractivity contribution in [1.29, 1.82) is 0 Å². The van der Waals surface area contributed by atoms with E-state index < -0.39 is 40.5 Å². The van der Waals surface area contributed by atoms with Crippen LogP contribution in [0.1, 0.15) is 118 Å². The first-order valence-corrected chi connectivity index (χ1v) is 19.7. The lowest BCUT2D eigenvalue weighted by Crippen LogP contribution is -2.70. The molecule has 10 rings (SSSR count). The Labute approximate surface area is 307 Å². The summed E-state index contributed by atoms with van der Waals surface area (Å²) in [6, 6.07) is 6.08. The van der Waals surface area contributed by atoms with Gasteiger partial charge >= 0.3 is 5.97 Å². The van der Waals surface area contributed by atoms with Crippen LogP contribution in [0.3, 0.4) is 0 Å². The number of halogens is 4. The third-order valence-corrected chi connectivity index (χ3v) is 14.2. The van der Waals surface area contributed by atoms with Gasteiger partial charge < -0.3 is 20.1 Å². The van der Waals surface area contributed by atoms with Gasteiger partial charge in [0.15, 0.2) is 0 Å². The smallest absolute Gasteiger partial charge is 0.330 e. The van der Waals surface area contributed by atoms with E-state index >= 15 is 8.78 Å². The molecule has 1 aromatic heterocycles. The Morgan fingerprint density at radius 1 is 0.943 bits per heavy atom. The molecule has 3 heterocycles. The normalized spacial score (nSPS) is 34.1. The van der Waals surface area contributed by atoms with Crippen molar-refractivity contribution in [2.24, 2.45) is 23.7 Å². The third-order valence-electron chi connectivity index (χ3n) is 14.2. The van der Waals surface area contributed by atoms with Crippen molar-refractivity contribution in [1.82, 2.24) is 20.2 Å². The molecular weight excluding hydrogens is 690 g/mol. The van der Waals surface area contributed by atoms with Crippen LogP contribution >= 0.6 is 0 Å². The maximum atomic E-state index is 15.5. The van der Waals surface area contributed by atoms with Crippen molar-refractivity contribution in [3.05, 3.63) is 41.2 Å². The van der Waals surface area contributed by atoms with E-state index in [4.69, 9.17) is 4.74 Å². The predicted octanol–water partition coefficient (Wildman–Crippen LogP) is 7.59. The summed E-state index contributed by atoms with van der Waals surface area (Å²) in [5.74, 6) is -6.77. The number of aliphatic carboxylic acids is 1. The summed E-state index contributed by atoms with van der Waals surface area (Å²) in [6.45, 7) is 0.904. The highest BCUT2D eigenvalue weighted by Gasteiger charge is 2.62. The Morgan fingerprint density at radius 2 is 1.60 bits per heavy atom. The Kier molecular flexibility index (Phi) is 8.33. The van der Waals surface area contributed by atoms with Gasteiger partial charge in [0.25, 0.3) is 17.8 Å². The highest BCUT2D eigenvalue weighted by atomic mass is 19.3. The fraction of sp³-hybridized carbons (Fsp3) is 0.700. The molecule has 1 spiro atoms. The maximum absolute atomic E-state index is 15.5. The number of anilines is 2. The summed E-state index contributed by atoms with van der Waals surface area (Å²) in [7, 11) is 0. The summed E-state index contributed by atoms with van der Waals surface area (Å²) in [6.07, 6.45) is 13.4. The van der Waals surface area contributed by atoms with Crippen molar-refractivity contribution in [2.75, 3.05) is 24.5 Å². The summed E-state index contributed by atoms with van der Waals surface area (Å²) in [5.41, 5.74) is -0.948. The van der Waals surface area contributed by atoms with Gasteiger partial charge in [-0.25, -0.2) is 23.5 Å². The molecule has 0 radical (unpaired) electrons. The molecule has 0 atom stereocenters. The molecule has 9 nitrogen and oxygen atoms in total. The highest BCUT2D eigenvalue weighted by Crippen LogP contribution is 2.59. The van der Waals surface area contributed by atoms with Crippen molar-refractivity contribution in [3.63, 3.8) is 0 Å². The molecule has 53 heavy (non-hydrogen) atoms. The second-order valence-electron chi connectivity index (χ2n) is 17.7. The minimum absolute atomic E-state index is 0.0126. The molecule has 0 unspecified atom stereocenters. The lowest BCUT2D eigenvalue weighted by Gasteiger charge is -2.59. The number of aromatic nitrogens is 2. The standard InChI is InChI=1S/C40H49F4N5O4/c1-37(41,42)33-30(34(50)47-40(35(51)52)25-14-23-13-24(16-25)17-26(40)15-23)19-45-36(46-33)49-20-38(11-3-2-4-12-38)31-18-29(9-10-32(31)49)53-28-7-5-27(6-8-28)48-21-39(43,44)22-48/h9-10,18-19,23-28H,2-8,11-17,20-22H2,1H3,(H,47,50)(H,51,52). The molecule has 4 bridgehead atoms. The number of carboxylic acid groups (broad SMARTS) is 1. The van der Waals surface area contributed by atoms with E-state index in [-0.39, 0.29) is 48.4 Å². The van der Waals surface area contributed by atoms with Crippen LogP contribution < -0.4 is 15.0 Å². The summed E-state index contributed by atoms with van der Waals surface area (Å²) < 4.78 is 64.3. The number of benzene rings is 1. The lowest BCUT2D eigenvalue weighted by molar-refractivity contribution is -0.163. The number of alkyl halides is 4. The number of ether oxygens (including phenoxy) is 1. The number of carbonyl (C=O) groups excluding carboxylic acids is 1. The van der Waals surface area contributed by atoms with Gasteiger partial charge in [-0.3, -0.25) is 9.69 Å². The van der Waals surface area contributed by atoms with Crippen molar-refractivity contribution in [3.8, 4) is 5.75 Å². The molecule has 7 fully saturated rings. The van der Waals surface area contributed by atoms with Gasteiger partial charge in [-0.2, -0.15) is 8.78 Å². The zero-order valence-corrected chi connectivity index (χ0v) is 30.3. The number of nitrogens with one attached hydrogen (secondary N) is 1. The van der Waals surface area contributed by atoms with Crippen LogP contribution in [0.5, 0.6) is 5.75 Å². The molecule has 286 valence electrons. The van der Waals surface area contributed by atoms with Crippen molar-refractivity contribution >= 4 is 23.5 Å². The minimum atomic E-state index is -3.50. The van der Waals surface area contributed by atoms with Crippen molar-refractivity contribution < 1.29 is 37.0 Å². The summed E-state index contributed by atoms with van der Waals surface area (Å²) >= 11 is 0. The van der Waals surface area contributed by atoms with Crippen LogP contribution in [0.4, 0.5) is 29.2 Å². The fourth-order valence-electron chi connectivity index (χ4n) is 11.9. The first-order valence-electron chi connectivity index (χ1n) is 19.7. The second-order valence-corrected chi connectivity index (χ2v) is 17.7. The second kappa shape index (κ2) is 12.5. The molecule has 1 saturated heterocycles. The summed E-state index contributed by atoms with van der Waals surface area (Å²) in [5, 5.41) is 13.4. The number of carboxylic acids is 1. The topological polar surface area (TPSA) is 108 Å². The Bertz CT molecular complexity index is 1750. The molecule has 13 heteroatoms. The fourth-order valence-corrected chi connectivity index (χ4v) is 11.9. The van der Waals surface area contributed by atoms with E-state index in [1.54, 1.807) is 0 Å².